The molecule has 78 valence electrons. The van der Waals surface area contributed by atoms with Crippen molar-refractivity contribution in [1.82, 2.24) is 10.2 Å². The third-order valence-electron chi connectivity index (χ3n) is 2.00. The third kappa shape index (κ3) is 2.88. The van der Waals surface area contributed by atoms with Crippen molar-refractivity contribution in [2.24, 2.45) is 0 Å². The lowest BCUT2D eigenvalue weighted by atomic mass is 10.2. The second-order valence-electron chi connectivity index (χ2n) is 3.47. The van der Waals surface area contributed by atoms with Crippen LogP contribution in [-0.2, 0) is 11.3 Å². The van der Waals surface area contributed by atoms with E-state index in [1.165, 1.54) is 0 Å². The predicted octanol–water partition coefficient (Wildman–Crippen LogP) is 0.846. The number of nitrogens with zero attached hydrogens (tertiary/aromatic N) is 1. The fraction of sp³-hybridized carbons (Fsp3) is 0.500. The van der Waals surface area contributed by atoms with Crippen molar-refractivity contribution < 1.29 is 9.21 Å². The molecule has 4 nitrogen and oxygen atoms in total. The Morgan fingerprint density at radius 2 is 2.36 bits per heavy atom. The van der Waals surface area contributed by atoms with Crippen LogP contribution in [0.2, 0.25) is 0 Å². The number of amides is 1. The van der Waals surface area contributed by atoms with E-state index in [4.69, 9.17) is 4.42 Å². The van der Waals surface area contributed by atoms with Crippen LogP contribution in [0.3, 0.4) is 0 Å². The van der Waals surface area contributed by atoms with Crippen molar-refractivity contribution in [2.45, 2.75) is 19.5 Å². The molecule has 1 rings (SSSR count). The Bertz CT molecular complexity index is 280. The van der Waals surface area contributed by atoms with E-state index in [1.807, 2.05) is 13.0 Å². The van der Waals surface area contributed by atoms with Crippen LogP contribution in [0.25, 0.3) is 0 Å². The Hall–Kier alpha value is -1.29. The first kappa shape index (κ1) is 10.8. The lowest BCUT2D eigenvalue weighted by Gasteiger charge is -2.17. The molecule has 4 heteroatoms. The van der Waals surface area contributed by atoms with Crippen molar-refractivity contribution in [1.29, 1.82) is 0 Å². The molecule has 1 aromatic heterocycles. The molecular weight excluding hydrogens is 180 g/mol. The van der Waals surface area contributed by atoms with E-state index >= 15 is 0 Å². The Labute approximate surface area is 83.9 Å². The number of carbonyl (C=O) groups excluding carboxylic acids is 1. The first-order chi connectivity index (χ1) is 6.61. The fourth-order valence-corrected chi connectivity index (χ4v) is 1.14. The van der Waals surface area contributed by atoms with Crippen molar-refractivity contribution in [3.8, 4) is 0 Å². The molecule has 0 spiro atoms. The summed E-state index contributed by atoms with van der Waals surface area (Å²) in [5, 5.41) is 3.11. The highest BCUT2D eigenvalue weighted by atomic mass is 16.3. The summed E-state index contributed by atoms with van der Waals surface area (Å²) < 4.78 is 4.92. The Morgan fingerprint density at radius 1 is 1.64 bits per heavy atom. The van der Waals surface area contributed by atoms with E-state index in [-0.39, 0.29) is 11.9 Å². The van der Waals surface area contributed by atoms with E-state index in [0.29, 0.717) is 6.54 Å². The van der Waals surface area contributed by atoms with Crippen LogP contribution in [0.15, 0.2) is 23.0 Å². The Morgan fingerprint density at radius 3 is 2.86 bits per heavy atom. The minimum atomic E-state index is -0.167. The van der Waals surface area contributed by atoms with Gasteiger partial charge in [0.25, 0.3) is 0 Å². The summed E-state index contributed by atoms with van der Waals surface area (Å²) in [6.07, 6.45) is 3.29. The lowest BCUT2D eigenvalue weighted by Crippen LogP contribution is -2.41. The maximum atomic E-state index is 11.4. The average molecular weight is 196 g/mol. The number of hydrogen-bond donors (Lipinski definition) is 1. The van der Waals surface area contributed by atoms with Crippen LogP contribution >= 0.6 is 0 Å². The first-order valence-corrected chi connectivity index (χ1v) is 4.57. The zero-order chi connectivity index (χ0) is 10.6. The van der Waals surface area contributed by atoms with Gasteiger partial charge in [0.2, 0.25) is 5.91 Å². The Balaban J connectivity index is 2.35. The SMILES string of the molecule is CC(NCc1ccoc1)C(=O)N(C)C. The second kappa shape index (κ2) is 4.81. The highest BCUT2D eigenvalue weighted by Crippen LogP contribution is 1.99. The summed E-state index contributed by atoms with van der Waals surface area (Å²) in [6, 6.07) is 1.71. The number of nitrogens with one attached hydrogen (secondary N) is 1. The van der Waals surface area contributed by atoms with Crippen molar-refractivity contribution >= 4 is 5.91 Å². The van der Waals surface area contributed by atoms with E-state index in [1.54, 1.807) is 31.5 Å². The molecule has 1 N–H and O–H groups in total. The summed E-state index contributed by atoms with van der Waals surface area (Å²) in [5.41, 5.74) is 1.04. The number of likely N-dealkylation sites (N-methyl/N-ethyl adjacent to an activating group) is 1. The number of hydrogen-bond acceptors (Lipinski definition) is 3. The molecule has 0 aromatic carbocycles. The van der Waals surface area contributed by atoms with Crippen LogP contribution in [0.4, 0.5) is 0 Å². The van der Waals surface area contributed by atoms with E-state index in [9.17, 15) is 4.79 Å². The molecule has 0 fully saturated rings. The maximum absolute atomic E-state index is 11.4. The van der Waals surface area contributed by atoms with E-state index in [2.05, 4.69) is 5.32 Å². The normalized spacial score (nSPS) is 12.5. The molecule has 14 heavy (non-hydrogen) atoms. The van der Waals surface area contributed by atoms with Crippen LogP contribution < -0.4 is 5.32 Å². The number of rotatable bonds is 4. The van der Waals surface area contributed by atoms with Crippen molar-refractivity contribution in [2.75, 3.05) is 14.1 Å². The summed E-state index contributed by atoms with van der Waals surface area (Å²) in [7, 11) is 3.50. The standard InChI is InChI=1S/C10H16N2O2/c1-8(10(13)12(2)3)11-6-9-4-5-14-7-9/h4-5,7-8,11H,6H2,1-3H3. The molecule has 1 aromatic rings. The van der Waals surface area contributed by atoms with Gasteiger partial charge in [-0.3, -0.25) is 4.79 Å². The van der Waals surface area contributed by atoms with E-state index in [0.717, 1.165) is 5.56 Å². The Kier molecular flexibility index (Phi) is 3.71. The zero-order valence-corrected chi connectivity index (χ0v) is 8.78. The molecule has 1 amide bonds. The van der Waals surface area contributed by atoms with Gasteiger partial charge in [-0.1, -0.05) is 0 Å². The smallest absolute Gasteiger partial charge is 0.238 e. The molecule has 0 aliphatic heterocycles. The molecular formula is C10H16N2O2. The average Bonchev–Trinajstić information content (AvgIpc) is 2.65. The molecule has 0 bridgehead atoms. The van der Waals surface area contributed by atoms with Gasteiger partial charge >= 0.3 is 0 Å². The molecule has 0 saturated carbocycles. The number of carbonyl (C=O) groups is 1. The largest absolute Gasteiger partial charge is 0.472 e. The van der Waals surface area contributed by atoms with Gasteiger partial charge in [-0.15, -0.1) is 0 Å². The van der Waals surface area contributed by atoms with Gasteiger partial charge in [0.1, 0.15) is 0 Å². The van der Waals surface area contributed by atoms with Gasteiger partial charge in [-0.25, -0.2) is 0 Å². The summed E-state index contributed by atoms with van der Waals surface area (Å²) >= 11 is 0. The minimum absolute atomic E-state index is 0.0773. The predicted molar refractivity (Wildman–Crippen MR) is 53.7 cm³/mol. The summed E-state index contributed by atoms with van der Waals surface area (Å²) in [4.78, 5) is 13.0. The quantitative estimate of drug-likeness (QED) is 0.776. The molecule has 0 saturated heterocycles. The van der Waals surface area contributed by atoms with Gasteiger partial charge in [0, 0.05) is 26.2 Å². The lowest BCUT2D eigenvalue weighted by molar-refractivity contribution is -0.130. The highest BCUT2D eigenvalue weighted by Gasteiger charge is 2.13. The van der Waals surface area contributed by atoms with Crippen molar-refractivity contribution in [3.05, 3.63) is 24.2 Å². The van der Waals surface area contributed by atoms with Crippen molar-refractivity contribution in [3.63, 3.8) is 0 Å². The minimum Gasteiger partial charge on any atom is -0.472 e. The topological polar surface area (TPSA) is 45.5 Å². The van der Waals surface area contributed by atoms with Crippen LogP contribution in [-0.4, -0.2) is 30.9 Å². The van der Waals surface area contributed by atoms with Gasteiger partial charge in [0.05, 0.1) is 18.6 Å². The fourth-order valence-electron chi connectivity index (χ4n) is 1.14. The molecule has 1 unspecified atom stereocenters. The summed E-state index contributed by atoms with van der Waals surface area (Å²) in [5.74, 6) is 0.0773. The first-order valence-electron chi connectivity index (χ1n) is 4.57. The van der Waals surface area contributed by atoms with Crippen LogP contribution in [0.5, 0.6) is 0 Å². The highest BCUT2D eigenvalue weighted by molar-refractivity contribution is 5.80. The van der Waals surface area contributed by atoms with Gasteiger partial charge in [0.15, 0.2) is 0 Å². The van der Waals surface area contributed by atoms with Gasteiger partial charge < -0.3 is 14.6 Å². The maximum Gasteiger partial charge on any atom is 0.238 e. The van der Waals surface area contributed by atoms with Gasteiger partial charge in [-0.2, -0.15) is 0 Å². The van der Waals surface area contributed by atoms with Crippen LogP contribution in [0, 0.1) is 0 Å². The monoisotopic (exact) mass is 196 g/mol. The van der Waals surface area contributed by atoms with Crippen LogP contribution in [0.1, 0.15) is 12.5 Å². The second-order valence-corrected chi connectivity index (χ2v) is 3.47. The molecule has 0 aliphatic carbocycles. The summed E-state index contributed by atoms with van der Waals surface area (Å²) in [6.45, 7) is 2.50. The number of furan rings is 1. The molecule has 0 radical (unpaired) electrons. The van der Waals surface area contributed by atoms with Gasteiger partial charge in [-0.05, 0) is 13.0 Å². The zero-order valence-electron chi connectivity index (χ0n) is 8.78. The molecule has 1 heterocycles. The molecule has 1 atom stereocenters. The van der Waals surface area contributed by atoms with E-state index < -0.39 is 0 Å². The third-order valence-corrected chi connectivity index (χ3v) is 2.00. The molecule has 0 aliphatic rings.